The highest BCUT2D eigenvalue weighted by Gasteiger charge is 2.32. The highest BCUT2D eigenvalue weighted by Crippen LogP contribution is 2.34. The van der Waals surface area contributed by atoms with E-state index in [4.69, 9.17) is 10.5 Å². The van der Waals surface area contributed by atoms with E-state index in [0.29, 0.717) is 12.6 Å². The standard InChI is InChI=1S/C16H26N2O/c1-4-18(14-8-9-14)16(11-17)13-6-5-7-15(10-13)19-12(2)3/h5-7,10,12,14,16H,4,8-9,11,17H2,1-3H3. The Morgan fingerprint density at radius 1 is 1.37 bits per heavy atom. The van der Waals surface area contributed by atoms with Crippen LogP contribution in [0.4, 0.5) is 0 Å². The van der Waals surface area contributed by atoms with Gasteiger partial charge >= 0.3 is 0 Å². The predicted molar refractivity (Wildman–Crippen MR) is 79.4 cm³/mol. The lowest BCUT2D eigenvalue weighted by atomic mass is 10.0. The van der Waals surface area contributed by atoms with Crippen LogP contribution < -0.4 is 10.5 Å². The zero-order chi connectivity index (χ0) is 13.8. The van der Waals surface area contributed by atoms with Gasteiger partial charge in [0.1, 0.15) is 5.75 Å². The van der Waals surface area contributed by atoms with Gasteiger partial charge in [-0.1, -0.05) is 19.1 Å². The molecule has 2 N–H and O–H groups in total. The van der Waals surface area contributed by atoms with Crippen LogP contribution in [0.25, 0.3) is 0 Å². The second-order valence-corrected chi connectivity index (χ2v) is 5.55. The summed E-state index contributed by atoms with van der Waals surface area (Å²) in [5, 5.41) is 0. The highest BCUT2D eigenvalue weighted by molar-refractivity contribution is 5.31. The van der Waals surface area contributed by atoms with Crippen molar-refractivity contribution >= 4 is 0 Å². The van der Waals surface area contributed by atoms with Crippen molar-refractivity contribution in [1.82, 2.24) is 4.90 Å². The van der Waals surface area contributed by atoms with Gasteiger partial charge in [0.25, 0.3) is 0 Å². The van der Waals surface area contributed by atoms with Gasteiger partial charge in [0.05, 0.1) is 6.10 Å². The summed E-state index contributed by atoms with van der Waals surface area (Å²) < 4.78 is 5.78. The Labute approximate surface area is 116 Å². The molecule has 1 saturated carbocycles. The van der Waals surface area contributed by atoms with Crippen molar-refractivity contribution in [2.24, 2.45) is 5.73 Å². The maximum atomic E-state index is 6.02. The minimum atomic E-state index is 0.206. The summed E-state index contributed by atoms with van der Waals surface area (Å²) >= 11 is 0. The molecule has 1 aliphatic carbocycles. The Hall–Kier alpha value is -1.06. The van der Waals surface area contributed by atoms with E-state index in [-0.39, 0.29) is 6.10 Å². The lowest BCUT2D eigenvalue weighted by Gasteiger charge is -2.30. The van der Waals surface area contributed by atoms with Crippen LogP contribution >= 0.6 is 0 Å². The van der Waals surface area contributed by atoms with Gasteiger partial charge in [0.15, 0.2) is 0 Å². The van der Waals surface area contributed by atoms with Crippen LogP contribution in [0.3, 0.4) is 0 Å². The fraction of sp³-hybridized carbons (Fsp3) is 0.625. The third-order valence-corrected chi connectivity index (χ3v) is 3.62. The Bertz CT molecular complexity index is 401. The van der Waals surface area contributed by atoms with Gasteiger partial charge in [-0.2, -0.15) is 0 Å². The normalized spacial score (nSPS) is 16.9. The number of hydrogen-bond donors (Lipinski definition) is 1. The molecule has 0 heterocycles. The third-order valence-electron chi connectivity index (χ3n) is 3.62. The third kappa shape index (κ3) is 3.71. The van der Waals surface area contributed by atoms with Crippen LogP contribution in [-0.4, -0.2) is 30.1 Å². The summed E-state index contributed by atoms with van der Waals surface area (Å²) in [6, 6.07) is 9.43. The molecule has 1 fully saturated rings. The predicted octanol–water partition coefficient (Wildman–Crippen LogP) is 2.96. The number of hydrogen-bond acceptors (Lipinski definition) is 3. The largest absolute Gasteiger partial charge is 0.491 e. The molecule has 1 aromatic rings. The molecule has 3 heteroatoms. The molecular formula is C16H26N2O. The SMILES string of the molecule is CCN(C1CC1)C(CN)c1cccc(OC(C)C)c1. The van der Waals surface area contributed by atoms with Crippen molar-refractivity contribution in [3.8, 4) is 5.75 Å². The molecule has 0 saturated heterocycles. The van der Waals surface area contributed by atoms with Gasteiger partial charge in [-0.3, -0.25) is 4.90 Å². The van der Waals surface area contributed by atoms with E-state index in [1.165, 1.54) is 18.4 Å². The first kappa shape index (κ1) is 14.4. The molecule has 1 aromatic carbocycles. The number of rotatable bonds is 7. The number of benzene rings is 1. The lowest BCUT2D eigenvalue weighted by Crippen LogP contribution is -2.35. The fourth-order valence-corrected chi connectivity index (χ4v) is 2.67. The molecule has 1 aliphatic rings. The van der Waals surface area contributed by atoms with Crippen molar-refractivity contribution in [1.29, 1.82) is 0 Å². The molecule has 1 atom stereocenters. The van der Waals surface area contributed by atoms with Crippen LogP contribution in [0.5, 0.6) is 5.75 Å². The van der Waals surface area contributed by atoms with Crippen LogP contribution in [-0.2, 0) is 0 Å². The average Bonchev–Trinajstić information content (AvgIpc) is 3.19. The fourth-order valence-electron chi connectivity index (χ4n) is 2.67. The van der Waals surface area contributed by atoms with Crippen LogP contribution in [0.1, 0.15) is 45.2 Å². The highest BCUT2D eigenvalue weighted by atomic mass is 16.5. The monoisotopic (exact) mass is 262 g/mol. The molecule has 0 bridgehead atoms. The summed E-state index contributed by atoms with van der Waals surface area (Å²) in [6.07, 6.45) is 2.83. The van der Waals surface area contributed by atoms with E-state index < -0.39 is 0 Å². The van der Waals surface area contributed by atoms with E-state index in [2.05, 4.69) is 43.9 Å². The molecule has 19 heavy (non-hydrogen) atoms. The molecule has 0 aliphatic heterocycles. The minimum absolute atomic E-state index is 0.206. The molecule has 0 spiro atoms. The summed E-state index contributed by atoms with van der Waals surface area (Å²) in [6.45, 7) is 8.04. The second-order valence-electron chi connectivity index (χ2n) is 5.55. The second kappa shape index (κ2) is 6.40. The Balaban J connectivity index is 2.17. The molecule has 0 aromatic heterocycles. The molecule has 1 unspecified atom stereocenters. The average molecular weight is 262 g/mol. The van der Waals surface area contributed by atoms with Gasteiger partial charge in [-0.15, -0.1) is 0 Å². The van der Waals surface area contributed by atoms with Crippen LogP contribution in [0.15, 0.2) is 24.3 Å². The van der Waals surface area contributed by atoms with Crippen molar-refractivity contribution in [3.63, 3.8) is 0 Å². The molecule has 0 radical (unpaired) electrons. The van der Waals surface area contributed by atoms with Gasteiger partial charge in [0, 0.05) is 18.6 Å². The van der Waals surface area contributed by atoms with Crippen molar-refractivity contribution in [3.05, 3.63) is 29.8 Å². The number of nitrogens with two attached hydrogens (primary N) is 1. The first-order valence-electron chi connectivity index (χ1n) is 7.38. The quantitative estimate of drug-likeness (QED) is 0.821. The van der Waals surface area contributed by atoms with Crippen molar-refractivity contribution in [2.45, 2.75) is 51.8 Å². The Kier molecular flexibility index (Phi) is 4.83. The van der Waals surface area contributed by atoms with Gasteiger partial charge in [-0.05, 0) is 50.9 Å². The minimum Gasteiger partial charge on any atom is -0.491 e. The van der Waals surface area contributed by atoms with Crippen molar-refractivity contribution in [2.75, 3.05) is 13.1 Å². The first-order chi connectivity index (χ1) is 9.15. The molecule has 3 nitrogen and oxygen atoms in total. The van der Waals surface area contributed by atoms with Crippen LogP contribution in [0, 0.1) is 0 Å². The zero-order valence-corrected chi connectivity index (χ0v) is 12.3. The van der Waals surface area contributed by atoms with E-state index in [1.54, 1.807) is 0 Å². The number of ether oxygens (including phenoxy) is 1. The first-order valence-corrected chi connectivity index (χ1v) is 7.38. The van der Waals surface area contributed by atoms with E-state index >= 15 is 0 Å². The summed E-state index contributed by atoms with van der Waals surface area (Å²) in [5.74, 6) is 0.942. The van der Waals surface area contributed by atoms with Crippen molar-refractivity contribution < 1.29 is 4.74 Å². The summed E-state index contributed by atoms with van der Waals surface area (Å²) in [5.41, 5.74) is 7.29. The van der Waals surface area contributed by atoms with E-state index in [9.17, 15) is 0 Å². The van der Waals surface area contributed by atoms with E-state index in [1.807, 2.05) is 6.07 Å². The maximum absolute atomic E-state index is 6.02. The molecule has 106 valence electrons. The topological polar surface area (TPSA) is 38.5 Å². The maximum Gasteiger partial charge on any atom is 0.120 e. The summed E-state index contributed by atoms with van der Waals surface area (Å²) in [4.78, 5) is 2.52. The Morgan fingerprint density at radius 2 is 2.11 bits per heavy atom. The number of nitrogens with zero attached hydrogens (tertiary/aromatic N) is 1. The summed E-state index contributed by atoms with van der Waals surface area (Å²) in [7, 11) is 0. The van der Waals surface area contributed by atoms with Gasteiger partial charge < -0.3 is 10.5 Å². The zero-order valence-electron chi connectivity index (χ0n) is 12.3. The number of likely N-dealkylation sites (N-methyl/N-ethyl adjacent to an activating group) is 1. The Morgan fingerprint density at radius 3 is 2.63 bits per heavy atom. The van der Waals surface area contributed by atoms with Crippen LogP contribution in [0.2, 0.25) is 0 Å². The lowest BCUT2D eigenvalue weighted by molar-refractivity contribution is 0.200. The van der Waals surface area contributed by atoms with Gasteiger partial charge in [0.2, 0.25) is 0 Å². The smallest absolute Gasteiger partial charge is 0.120 e. The molecule has 2 rings (SSSR count). The molecule has 0 amide bonds. The van der Waals surface area contributed by atoms with E-state index in [0.717, 1.165) is 18.3 Å². The van der Waals surface area contributed by atoms with Gasteiger partial charge in [-0.25, -0.2) is 0 Å². The molecular weight excluding hydrogens is 236 g/mol.